The topological polar surface area (TPSA) is 54.5 Å². The standard InChI is InChI=1S/C17H27N3O2/c1-14(2)20-10-6-15(7-11-20)17(21)19-9-4-12-22-16-5-3-8-18-13-16/h3,5,8,13-15H,4,6-7,9-12H2,1-2H3,(H,19,21). The normalized spacial score (nSPS) is 16.7. The highest BCUT2D eigenvalue weighted by Crippen LogP contribution is 2.18. The number of piperidine rings is 1. The van der Waals surface area contributed by atoms with Gasteiger partial charge in [-0.2, -0.15) is 0 Å². The molecule has 0 aliphatic carbocycles. The first-order valence-corrected chi connectivity index (χ1v) is 8.21. The molecule has 1 fully saturated rings. The molecule has 5 heteroatoms. The lowest BCUT2D eigenvalue weighted by Gasteiger charge is -2.33. The predicted molar refractivity (Wildman–Crippen MR) is 86.8 cm³/mol. The number of carbonyl (C=O) groups excluding carboxylic acids is 1. The van der Waals surface area contributed by atoms with E-state index in [4.69, 9.17) is 4.74 Å². The molecule has 22 heavy (non-hydrogen) atoms. The van der Waals surface area contributed by atoms with Crippen molar-refractivity contribution >= 4 is 5.91 Å². The van der Waals surface area contributed by atoms with E-state index >= 15 is 0 Å². The third-order valence-corrected chi connectivity index (χ3v) is 4.15. The van der Waals surface area contributed by atoms with Crippen molar-refractivity contribution in [3.8, 4) is 5.75 Å². The molecule has 122 valence electrons. The van der Waals surface area contributed by atoms with Gasteiger partial charge in [-0.15, -0.1) is 0 Å². The molecular weight excluding hydrogens is 278 g/mol. The fourth-order valence-electron chi connectivity index (χ4n) is 2.73. The summed E-state index contributed by atoms with van der Waals surface area (Å²) in [5.41, 5.74) is 0. The van der Waals surface area contributed by atoms with E-state index in [2.05, 4.69) is 29.0 Å². The number of nitrogens with one attached hydrogen (secondary N) is 1. The van der Waals surface area contributed by atoms with Gasteiger partial charge in [-0.25, -0.2) is 0 Å². The van der Waals surface area contributed by atoms with E-state index in [1.165, 1.54) is 0 Å². The molecule has 1 aliphatic heterocycles. The summed E-state index contributed by atoms with van der Waals surface area (Å²) in [5, 5.41) is 3.03. The number of ether oxygens (including phenoxy) is 1. The Morgan fingerprint density at radius 2 is 2.23 bits per heavy atom. The van der Waals surface area contributed by atoms with E-state index in [1.807, 2.05) is 12.1 Å². The van der Waals surface area contributed by atoms with Gasteiger partial charge >= 0.3 is 0 Å². The molecule has 1 amide bonds. The van der Waals surface area contributed by atoms with Crippen molar-refractivity contribution in [2.24, 2.45) is 5.92 Å². The summed E-state index contributed by atoms with van der Waals surface area (Å²) in [6, 6.07) is 4.31. The number of aromatic nitrogens is 1. The van der Waals surface area contributed by atoms with Crippen LogP contribution in [-0.2, 0) is 4.79 Å². The maximum Gasteiger partial charge on any atom is 0.223 e. The molecule has 0 bridgehead atoms. The highest BCUT2D eigenvalue weighted by Gasteiger charge is 2.25. The first-order chi connectivity index (χ1) is 10.7. The Hall–Kier alpha value is -1.62. The van der Waals surface area contributed by atoms with Crippen molar-refractivity contribution < 1.29 is 9.53 Å². The lowest BCUT2D eigenvalue weighted by Crippen LogP contribution is -2.43. The van der Waals surface area contributed by atoms with Gasteiger partial charge in [0, 0.05) is 24.7 Å². The van der Waals surface area contributed by atoms with Crippen molar-refractivity contribution in [2.45, 2.75) is 39.2 Å². The van der Waals surface area contributed by atoms with Crippen LogP contribution in [0.4, 0.5) is 0 Å². The summed E-state index contributed by atoms with van der Waals surface area (Å²) in [6.07, 6.45) is 6.16. The number of amides is 1. The maximum atomic E-state index is 12.1. The van der Waals surface area contributed by atoms with Gasteiger partial charge in [0.25, 0.3) is 0 Å². The molecule has 1 aliphatic rings. The highest BCUT2D eigenvalue weighted by molar-refractivity contribution is 5.78. The molecule has 0 radical (unpaired) electrons. The number of hydrogen-bond donors (Lipinski definition) is 1. The average Bonchev–Trinajstić information content (AvgIpc) is 2.55. The zero-order chi connectivity index (χ0) is 15.8. The molecule has 0 atom stereocenters. The molecule has 1 saturated heterocycles. The van der Waals surface area contributed by atoms with Gasteiger partial charge in [0.05, 0.1) is 12.8 Å². The largest absolute Gasteiger partial charge is 0.492 e. The van der Waals surface area contributed by atoms with Gasteiger partial charge in [0.2, 0.25) is 5.91 Å². The van der Waals surface area contributed by atoms with Crippen LogP contribution in [-0.4, -0.2) is 48.1 Å². The summed E-state index contributed by atoms with van der Waals surface area (Å²) in [5.74, 6) is 1.15. The molecule has 0 spiro atoms. The lowest BCUT2D eigenvalue weighted by atomic mass is 9.95. The molecule has 1 aromatic heterocycles. The molecule has 1 N–H and O–H groups in total. The minimum atomic E-state index is 0.175. The van der Waals surface area contributed by atoms with Gasteiger partial charge in [-0.3, -0.25) is 9.78 Å². The van der Waals surface area contributed by atoms with Crippen LogP contribution in [0.5, 0.6) is 5.75 Å². The monoisotopic (exact) mass is 305 g/mol. The second-order valence-corrected chi connectivity index (χ2v) is 6.09. The number of rotatable bonds is 7. The van der Waals surface area contributed by atoms with Gasteiger partial charge in [-0.1, -0.05) is 0 Å². The summed E-state index contributed by atoms with van der Waals surface area (Å²) in [7, 11) is 0. The van der Waals surface area contributed by atoms with Crippen molar-refractivity contribution in [3.63, 3.8) is 0 Å². The Morgan fingerprint density at radius 3 is 2.86 bits per heavy atom. The van der Waals surface area contributed by atoms with Crippen molar-refractivity contribution in [1.82, 2.24) is 15.2 Å². The van der Waals surface area contributed by atoms with Crippen LogP contribution in [0.15, 0.2) is 24.5 Å². The zero-order valence-corrected chi connectivity index (χ0v) is 13.6. The Bertz CT molecular complexity index is 442. The highest BCUT2D eigenvalue weighted by atomic mass is 16.5. The van der Waals surface area contributed by atoms with Crippen LogP contribution in [0.1, 0.15) is 33.1 Å². The minimum absolute atomic E-state index is 0.175. The van der Waals surface area contributed by atoms with E-state index in [0.717, 1.165) is 38.1 Å². The smallest absolute Gasteiger partial charge is 0.223 e. The number of likely N-dealkylation sites (tertiary alicyclic amines) is 1. The van der Waals surface area contributed by atoms with Crippen molar-refractivity contribution in [3.05, 3.63) is 24.5 Å². The van der Waals surface area contributed by atoms with Crippen molar-refractivity contribution in [2.75, 3.05) is 26.2 Å². The Balaban J connectivity index is 1.56. The molecule has 5 nitrogen and oxygen atoms in total. The first-order valence-electron chi connectivity index (χ1n) is 8.21. The van der Waals surface area contributed by atoms with E-state index in [9.17, 15) is 4.79 Å². The fourth-order valence-corrected chi connectivity index (χ4v) is 2.73. The fraction of sp³-hybridized carbons (Fsp3) is 0.647. The molecule has 0 unspecified atom stereocenters. The average molecular weight is 305 g/mol. The third kappa shape index (κ3) is 5.30. The molecule has 0 aromatic carbocycles. The lowest BCUT2D eigenvalue weighted by molar-refractivity contribution is -0.126. The quantitative estimate of drug-likeness (QED) is 0.784. The van der Waals surface area contributed by atoms with Gasteiger partial charge in [-0.05, 0) is 58.3 Å². The molecule has 1 aromatic rings. The summed E-state index contributed by atoms with van der Waals surface area (Å²) < 4.78 is 5.55. The van der Waals surface area contributed by atoms with Crippen LogP contribution >= 0.6 is 0 Å². The Labute approximate surface area is 133 Å². The molecular formula is C17H27N3O2. The number of pyridine rings is 1. The van der Waals surface area contributed by atoms with Crippen LogP contribution in [0.3, 0.4) is 0 Å². The summed E-state index contributed by atoms with van der Waals surface area (Å²) in [4.78, 5) is 18.6. The summed E-state index contributed by atoms with van der Waals surface area (Å²) >= 11 is 0. The second-order valence-electron chi connectivity index (χ2n) is 6.09. The van der Waals surface area contributed by atoms with Crippen molar-refractivity contribution in [1.29, 1.82) is 0 Å². The van der Waals surface area contributed by atoms with Crippen LogP contribution in [0.25, 0.3) is 0 Å². The van der Waals surface area contributed by atoms with Gasteiger partial charge in [0.15, 0.2) is 0 Å². The predicted octanol–water partition coefficient (Wildman–Crippen LogP) is 2.09. The summed E-state index contributed by atoms with van der Waals surface area (Å²) in [6.45, 7) is 7.74. The van der Waals surface area contributed by atoms with Crippen LogP contribution in [0, 0.1) is 5.92 Å². The Morgan fingerprint density at radius 1 is 1.45 bits per heavy atom. The van der Waals surface area contributed by atoms with E-state index in [0.29, 0.717) is 19.2 Å². The Kier molecular flexibility index (Phi) is 6.65. The van der Waals surface area contributed by atoms with E-state index in [-0.39, 0.29) is 11.8 Å². The minimum Gasteiger partial charge on any atom is -0.492 e. The van der Waals surface area contributed by atoms with Crippen LogP contribution < -0.4 is 10.1 Å². The molecule has 0 saturated carbocycles. The number of carbonyl (C=O) groups is 1. The second kappa shape index (κ2) is 8.73. The van der Waals surface area contributed by atoms with E-state index in [1.54, 1.807) is 12.4 Å². The van der Waals surface area contributed by atoms with Gasteiger partial charge in [0.1, 0.15) is 5.75 Å². The number of nitrogens with zero attached hydrogens (tertiary/aromatic N) is 2. The van der Waals surface area contributed by atoms with Gasteiger partial charge < -0.3 is 15.0 Å². The number of hydrogen-bond acceptors (Lipinski definition) is 4. The first kappa shape index (κ1) is 16.7. The zero-order valence-electron chi connectivity index (χ0n) is 13.6. The third-order valence-electron chi connectivity index (χ3n) is 4.15. The van der Waals surface area contributed by atoms with E-state index < -0.39 is 0 Å². The van der Waals surface area contributed by atoms with Crippen LogP contribution in [0.2, 0.25) is 0 Å². The maximum absolute atomic E-state index is 12.1. The molecule has 2 heterocycles. The SMILES string of the molecule is CC(C)N1CCC(C(=O)NCCCOc2cccnc2)CC1. The molecule has 2 rings (SSSR count).